The van der Waals surface area contributed by atoms with Gasteiger partial charge in [0, 0.05) is 191 Å². The molecule has 39 nitrogen and oxygen atoms in total. The Kier molecular flexibility index (Phi) is 77.7. The minimum Gasteiger partial charge on any atom is -0.389 e. The van der Waals surface area contributed by atoms with Crippen molar-refractivity contribution in [3.8, 4) is 12.1 Å². The van der Waals surface area contributed by atoms with E-state index in [9.17, 15) is 22.8 Å². The van der Waals surface area contributed by atoms with Crippen molar-refractivity contribution in [3.05, 3.63) is 83.2 Å². The van der Waals surface area contributed by atoms with Gasteiger partial charge in [-0.3, -0.25) is 18.3 Å². The molecule has 5 saturated heterocycles. The molecule has 0 aromatic heterocycles. The molecule has 22 atom stereocenters. The zero-order valence-electron chi connectivity index (χ0n) is 96.2. The van der Waals surface area contributed by atoms with E-state index in [0.717, 1.165) is 57.2 Å². The first-order valence-corrected chi connectivity index (χ1v) is 66.6. The van der Waals surface area contributed by atoms with E-state index in [0.29, 0.717) is 77.5 Å². The SMILES string of the molecule is [B][C@@H]1O[C@H](/C=C/P(=O)(OC)OC)[C@@H](OP(OCCC#N)N(C(C)C)C(C)C)[C@H]1OCCCC.[B][C@@H]1O[C@H](/C=C/P(=O)(OC)OC)[C@@H](OP(OCCC#N)N(C(C)C)C(C)C)[C@H]1OCCCNC(=C)C.[B][C@H]1CCC(OP(OCCC)N(CC)C(C)C)[C@@H](/C=C/P(=O)(OC)OC)O1.[B][C@H]1C[C@H](OP(OCCC)N(C(C)C)C(C)C)[C@@H](/C=C/P(=O)(OC)OC)O1.[C-]#[N+]CCOP(OC1CC(C)COC1/C=C/P(C)(C)=O)N(C(C)C)C(C)C. The fourth-order valence-corrected chi connectivity index (χ4v) is 27.7. The van der Waals surface area contributed by atoms with Gasteiger partial charge < -0.3 is 129 Å². The lowest BCUT2D eigenvalue weighted by molar-refractivity contribution is -0.0646. The maximum absolute atomic E-state index is 12.6. The van der Waals surface area contributed by atoms with Gasteiger partial charge in [0.1, 0.15) is 100 Å². The lowest BCUT2D eigenvalue weighted by atomic mass is 9.89. The molecule has 5 rings (SSSR count). The molecule has 0 bridgehead atoms. The summed E-state index contributed by atoms with van der Waals surface area (Å²) in [6.07, 6.45) is 10.4. The molecule has 1 N–H and O–H groups in total. The third-order valence-electron chi connectivity index (χ3n) is 22.4. The molecule has 0 aromatic rings. The topological polar surface area (TPSA) is 396 Å². The molecule has 0 aromatic carbocycles. The van der Waals surface area contributed by atoms with Crippen LogP contribution in [0.25, 0.3) is 4.85 Å². The van der Waals surface area contributed by atoms with Gasteiger partial charge in [-0.25, -0.2) is 29.9 Å². The van der Waals surface area contributed by atoms with Crippen LogP contribution in [0.5, 0.6) is 0 Å². The summed E-state index contributed by atoms with van der Waals surface area (Å²) < 4.78 is 216. The summed E-state index contributed by atoms with van der Waals surface area (Å²) in [4.78, 5) is 3.38. The smallest absolute Gasteiger partial charge is 0.353 e. The quantitative estimate of drug-likeness (QED) is 0.0256. The second-order valence-electron chi connectivity index (χ2n) is 38.5. The van der Waals surface area contributed by atoms with Gasteiger partial charge in [-0.1, -0.05) is 47.6 Å². The van der Waals surface area contributed by atoms with Crippen molar-refractivity contribution < 1.29 is 137 Å². The van der Waals surface area contributed by atoms with Crippen LogP contribution in [0, 0.1) is 35.2 Å². The zero-order chi connectivity index (χ0) is 114. The summed E-state index contributed by atoms with van der Waals surface area (Å²) in [6.45, 7) is 69.8. The summed E-state index contributed by atoms with van der Waals surface area (Å²) in [7, 11) is 12.5. The Balaban J connectivity index is 0.000000942. The molecule has 0 amide bonds. The van der Waals surface area contributed by atoms with Crippen molar-refractivity contribution in [1.29, 1.82) is 10.5 Å². The first kappa shape index (κ1) is 147. The molecule has 5 aliphatic heterocycles. The molecule has 0 saturated carbocycles. The largest absolute Gasteiger partial charge is 0.389 e. The van der Waals surface area contributed by atoms with Gasteiger partial charge in [0.25, 0.3) is 42.6 Å². The number of nitriles is 2. The zero-order valence-corrected chi connectivity index (χ0v) is 105. The van der Waals surface area contributed by atoms with Crippen LogP contribution in [0.3, 0.4) is 0 Å². The van der Waals surface area contributed by atoms with E-state index in [1.807, 2.05) is 13.0 Å². The average molecular weight is 2310 g/mol. The van der Waals surface area contributed by atoms with E-state index in [-0.39, 0.29) is 105 Å². The van der Waals surface area contributed by atoms with Crippen LogP contribution in [0.4, 0.5) is 0 Å². The molecule has 8 radical (unpaired) electrons. The van der Waals surface area contributed by atoms with Crippen molar-refractivity contribution in [3.63, 3.8) is 0 Å². The second kappa shape index (κ2) is 79.2. The minimum atomic E-state index is -3.43. The number of hydrogen-bond donors (Lipinski definition) is 1. The summed E-state index contributed by atoms with van der Waals surface area (Å²) in [5.41, 5.74) is 0.880. The van der Waals surface area contributed by atoms with Gasteiger partial charge in [0.15, 0.2) is 0 Å². The molecule has 5 aliphatic rings. The Morgan fingerprint density at radius 1 is 0.433 bits per heavy atom. The second-order valence-corrected chi connectivity index (χ2v) is 57.1. The van der Waals surface area contributed by atoms with Crippen molar-refractivity contribution >= 4 is 112 Å². The van der Waals surface area contributed by atoms with Crippen LogP contribution in [-0.2, 0) is 137 Å². The molecule has 5 heterocycles. The van der Waals surface area contributed by atoms with E-state index in [4.69, 9.17) is 163 Å². The predicted octanol–water partition coefficient (Wildman–Crippen LogP) is 23.2. The highest BCUT2D eigenvalue weighted by Gasteiger charge is 2.50. The molecule has 0 spiro atoms. The van der Waals surface area contributed by atoms with E-state index >= 15 is 0 Å². The fraction of sp³-hybridized carbons (Fsp3) is 0.845. The highest BCUT2D eigenvalue weighted by atomic mass is 31.2. The molecule has 860 valence electrons. The molecule has 0 aliphatic carbocycles. The van der Waals surface area contributed by atoms with E-state index in [2.05, 4.69) is 211 Å². The van der Waals surface area contributed by atoms with Gasteiger partial charge in [0.2, 0.25) is 6.54 Å². The molecule has 5 fully saturated rings. The van der Waals surface area contributed by atoms with Gasteiger partial charge in [-0.2, -0.15) is 10.5 Å². The summed E-state index contributed by atoms with van der Waals surface area (Å²) in [6, 6.07) is 3.63. The average Bonchev–Trinajstić information content (AvgIpc) is 1.65. The number of unbranched alkanes of at least 4 members (excludes halogenated alkanes) is 1. The van der Waals surface area contributed by atoms with Crippen LogP contribution in [-0.4, -0.2) is 349 Å². The van der Waals surface area contributed by atoms with Crippen LogP contribution < -0.4 is 5.32 Å². The monoisotopic (exact) mass is 2310 g/mol. The molecule has 53 heteroatoms. The molecule has 150 heavy (non-hydrogen) atoms. The fourth-order valence-electron chi connectivity index (χ4n) is 15.3. The predicted molar refractivity (Wildman–Crippen MR) is 606 cm³/mol. The number of rotatable bonds is 68. The third kappa shape index (κ3) is 55.8. The lowest BCUT2D eigenvalue weighted by Crippen LogP contribution is -2.40. The Bertz CT molecular complexity index is 4130. The number of hydrogen-bond acceptors (Lipinski definition) is 38. The number of ether oxygens (including phenoxy) is 7. The van der Waals surface area contributed by atoms with Crippen molar-refractivity contribution in [1.82, 2.24) is 28.7 Å². The summed E-state index contributed by atoms with van der Waals surface area (Å²) in [5, 5.41) is 21.1. The number of nitrogens with zero attached hydrogens (tertiary/aromatic N) is 8. The summed E-state index contributed by atoms with van der Waals surface area (Å²) in [5.74, 6) is 7.62. The Morgan fingerprint density at radius 2 is 0.773 bits per heavy atom. The number of allylic oxidation sites excluding steroid dienone is 1. The maximum atomic E-state index is 12.6. The third-order valence-corrected chi connectivity index (χ3v) is 40.1. The first-order valence-electron chi connectivity index (χ1n) is 51.8. The van der Waals surface area contributed by atoms with Gasteiger partial charge in [0.05, 0.1) is 76.3 Å². The van der Waals surface area contributed by atoms with Crippen molar-refractivity contribution in [2.75, 3.05) is 143 Å². The standard InChI is InChI=1S/C23H42BN3O7P2.C21H39BN2O7P2.C19H36N2O4P2.2C17H34BNO6P2/c1-17(2)26-13-10-14-31-22-21(20(33-23(22)24)11-16-36(28,29-7)30-8)34-35(32-15-9-12-25)27(18(3)4)19(5)6;1-8-9-13-28-20-19(18(30-21(20)22)11-15-33(25,26-6)27-7)31-32(29-14-10-12-23)24(16(2)3)17(4)5;1-15(2)21(16(3)4)26(24-11-10-20-6)25-19-13-17(5)14-23-18(19)9-12-27(7,8)22;1-8-10-23-26(19(13(2)3)14(4)5)25-16-12-17(18)24-15(16)9-11-27(20,21-6)22-7;1-7-12-23-26(19(8-2)14(3)4)25-16-9-10-17(18)24-15(16)11-13-27(20,21-5)22-6/h11,16,18-23,26H,1,9-10,13-15H2,2-8H3;11,15-21H,8-10,13-14H2,1-7H3;9,12,15-19H,10-11,13-14H2,1-5,7-8H3;9,11,13-17H,8,10,12H2,1-7H3;11,13-17H,7-10,12H2,1-6H3/b16-11+;15-11+;12-9+;11-9+;13-11+/t20-,21-,22-,23-,35?;18-,19-,20-,21-,32?;;15-,16+,17-,26?;15-,16?,17-,26?/m11.11/s1. The van der Waals surface area contributed by atoms with Crippen LogP contribution >= 0.6 is 80.2 Å². The van der Waals surface area contributed by atoms with Gasteiger partial charge >= 0.3 is 30.4 Å². The highest BCUT2D eigenvalue weighted by molar-refractivity contribution is 7.65. The number of nitrogens with one attached hydrogen (secondary N) is 1. The van der Waals surface area contributed by atoms with Crippen LogP contribution in [0.2, 0.25) is 0 Å². The van der Waals surface area contributed by atoms with E-state index in [1.165, 1.54) is 80.1 Å². The molecular weight excluding hydrogens is 2120 g/mol. The first-order chi connectivity index (χ1) is 70.6. The Morgan fingerprint density at radius 3 is 1.12 bits per heavy atom. The van der Waals surface area contributed by atoms with E-state index in [1.54, 1.807) is 43.5 Å². The highest BCUT2D eigenvalue weighted by Crippen LogP contribution is 2.58. The molecular formula is C97H185B4N9O30P10. The van der Waals surface area contributed by atoms with Gasteiger partial charge in [-0.05, 0) is 238 Å². The Hall–Kier alpha value is -0.930. The normalized spacial score (nSPS) is 24.9. The summed E-state index contributed by atoms with van der Waals surface area (Å²) >= 11 is 0. The van der Waals surface area contributed by atoms with Crippen LogP contribution in [0.1, 0.15) is 237 Å². The van der Waals surface area contributed by atoms with Crippen molar-refractivity contribution in [2.45, 2.75) is 388 Å². The maximum Gasteiger partial charge on any atom is 0.353 e. The minimum absolute atomic E-state index is 0.109. The van der Waals surface area contributed by atoms with E-state index < -0.39 is 147 Å². The Labute approximate surface area is 915 Å². The molecule has 9 unspecified atom stereocenters. The van der Waals surface area contributed by atoms with Crippen LogP contribution in [0.15, 0.2) is 71.7 Å². The lowest BCUT2D eigenvalue weighted by Gasteiger charge is -2.40. The van der Waals surface area contributed by atoms with Gasteiger partial charge in [-0.15, -0.1) is 0 Å². The van der Waals surface area contributed by atoms with Crippen molar-refractivity contribution in [2.24, 2.45) is 5.92 Å².